The summed E-state index contributed by atoms with van der Waals surface area (Å²) >= 11 is 5.65. The molecule has 0 atom stereocenters. The molecular formula is C15H18ClFN2O. The highest BCUT2D eigenvalue weighted by Crippen LogP contribution is 2.20. The minimum absolute atomic E-state index is 0.129. The number of rotatable bonds is 4. The van der Waals surface area contributed by atoms with Crippen LogP contribution in [0.5, 0.6) is 0 Å². The second-order valence-electron chi connectivity index (χ2n) is 4.86. The smallest absolute Gasteiger partial charge is 0.319 e. The molecule has 1 aliphatic carbocycles. The number of halogens is 2. The first-order valence-electron chi connectivity index (χ1n) is 6.83. The van der Waals surface area contributed by atoms with Crippen LogP contribution in [-0.4, -0.2) is 12.6 Å². The standard InChI is InChI=1S/C15H18ClFN2O/c16-12-6-7-14(13(17)10-12)19-15(20)18-9-8-11-4-2-1-3-5-11/h4,6-7,10H,1-3,5,8-9H2,(H2,18,19,20). The summed E-state index contributed by atoms with van der Waals surface area (Å²) < 4.78 is 13.5. The SMILES string of the molecule is O=C(NCCC1=CCCCC1)Nc1ccc(Cl)cc1F. The number of benzene rings is 1. The Kier molecular flexibility index (Phi) is 5.41. The van der Waals surface area contributed by atoms with E-state index >= 15 is 0 Å². The Bertz CT molecular complexity index is 517. The van der Waals surface area contributed by atoms with Crippen LogP contribution in [0.4, 0.5) is 14.9 Å². The van der Waals surface area contributed by atoms with Crippen LogP contribution in [0.3, 0.4) is 0 Å². The first-order chi connectivity index (χ1) is 9.65. The number of nitrogens with one attached hydrogen (secondary N) is 2. The molecular weight excluding hydrogens is 279 g/mol. The number of hydrogen-bond acceptors (Lipinski definition) is 1. The van der Waals surface area contributed by atoms with Gasteiger partial charge in [0, 0.05) is 11.6 Å². The van der Waals surface area contributed by atoms with Crippen molar-refractivity contribution in [2.45, 2.75) is 32.1 Å². The Hall–Kier alpha value is -1.55. The molecule has 2 amide bonds. The van der Waals surface area contributed by atoms with E-state index in [1.807, 2.05) is 0 Å². The van der Waals surface area contributed by atoms with Gasteiger partial charge in [0.15, 0.2) is 0 Å². The molecule has 5 heteroatoms. The van der Waals surface area contributed by atoms with Crippen molar-refractivity contribution in [1.82, 2.24) is 5.32 Å². The van der Waals surface area contributed by atoms with Crippen molar-refractivity contribution in [2.24, 2.45) is 0 Å². The summed E-state index contributed by atoms with van der Waals surface area (Å²) in [5.74, 6) is -0.539. The molecule has 0 radical (unpaired) electrons. The molecule has 2 rings (SSSR count). The number of urea groups is 1. The summed E-state index contributed by atoms with van der Waals surface area (Å²) in [7, 11) is 0. The van der Waals surface area contributed by atoms with Crippen LogP contribution in [0.1, 0.15) is 32.1 Å². The average molecular weight is 297 g/mol. The molecule has 0 bridgehead atoms. The maximum absolute atomic E-state index is 13.5. The van der Waals surface area contributed by atoms with Gasteiger partial charge in [0.25, 0.3) is 0 Å². The number of anilines is 1. The third-order valence-electron chi connectivity index (χ3n) is 3.30. The Labute approximate surface area is 123 Å². The Morgan fingerprint density at radius 3 is 2.90 bits per heavy atom. The topological polar surface area (TPSA) is 41.1 Å². The van der Waals surface area contributed by atoms with Crippen molar-refractivity contribution in [3.05, 3.63) is 40.7 Å². The fraction of sp³-hybridized carbons (Fsp3) is 0.400. The lowest BCUT2D eigenvalue weighted by molar-refractivity contribution is 0.252. The highest BCUT2D eigenvalue weighted by atomic mass is 35.5. The largest absolute Gasteiger partial charge is 0.338 e. The first-order valence-corrected chi connectivity index (χ1v) is 7.21. The third kappa shape index (κ3) is 4.53. The van der Waals surface area contributed by atoms with Gasteiger partial charge >= 0.3 is 6.03 Å². The molecule has 108 valence electrons. The monoisotopic (exact) mass is 296 g/mol. The van der Waals surface area contributed by atoms with Gasteiger partial charge in [0.05, 0.1) is 5.69 Å². The summed E-state index contributed by atoms with van der Waals surface area (Å²) in [6.07, 6.45) is 7.85. The molecule has 3 nitrogen and oxygen atoms in total. The van der Waals surface area contributed by atoms with Gasteiger partial charge in [0.1, 0.15) is 5.82 Å². The van der Waals surface area contributed by atoms with Crippen LogP contribution >= 0.6 is 11.6 Å². The summed E-state index contributed by atoms with van der Waals surface area (Å²) in [6.45, 7) is 0.562. The Morgan fingerprint density at radius 2 is 2.20 bits per heavy atom. The Morgan fingerprint density at radius 1 is 1.35 bits per heavy atom. The second-order valence-corrected chi connectivity index (χ2v) is 5.30. The molecule has 1 aliphatic rings. The fourth-order valence-electron chi connectivity index (χ4n) is 2.23. The molecule has 20 heavy (non-hydrogen) atoms. The molecule has 1 aromatic carbocycles. The highest BCUT2D eigenvalue weighted by Gasteiger charge is 2.08. The second kappa shape index (κ2) is 7.29. The van der Waals surface area contributed by atoms with Crippen molar-refractivity contribution < 1.29 is 9.18 Å². The average Bonchev–Trinajstić information content (AvgIpc) is 2.43. The Balaban J connectivity index is 1.76. The lowest BCUT2D eigenvalue weighted by atomic mass is 9.97. The van der Waals surface area contributed by atoms with E-state index in [9.17, 15) is 9.18 Å². The molecule has 0 fully saturated rings. The van der Waals surface area contributed by atoms with Gasteiger partial charge in [-0.3, -0.25) is 0 Å². The van der Waals surface area contributed by atoms with Crippen molar-refractivity contribution in [1.29, 1.82) is 0 Å². The maximum atomic E-state index is 13.5. The number of carbonyl (C=O) groups is 1. The van der Waals surface area contributed by atoms with Gasteiger partial charge in [-0.25, -0.2) is 9.18 Å². The predicted octanol–water partition coefficient (Wildman–Crippen LogP) is 4.49. The van der Waals surface area contributed by atoms with Crippen molar-refractivity contribution >= 4 is 23.3 Å². The van der Waals surface area contributed by atoms with E-state index in [4.69, 9.17) is 11.6 Å². The van der Waals surface area contributed by atoms with E-state index in [0.29, 0.717) is 11.6 Å². The maximum Gasteiger partial charge on any atom is 0.319 e. The van der Waals surface area contributed by atoms with E-state index in [1.54, 1.807) is 0 Å². The minimum Gasteiger partial charge on any atom is -0.338 e. The molecule has 1 aromatic rings. The molecule has 0 heterocycles. The zero-order chi connectivity index (χ0) is 14.4. The van der Waals surface area contributed by atoms with Gasteiger partial charge in [-0.1, -0.05) is 23.3 Å². The third-order valence-corrected chi connectivity index (χ3v) is 3.53. The van der Waals surface area contributed by atoms with Crippen molar-refractivity contribution in [3.8, 4) is 0 Å². The summed E-state index contributed by atoms with van der Waals surface area (Å²) in [5.41, 5.74) is 1.53. The highest BCUT2D eigenvalue weighted by molar-refractivity contribution is 6.30. The molecule has 0 saturated heterocycles. The van der Waals surface area contributed by atoms with E-state index in [-0.39, 0.29) is 5.69 Å². The number of amides is 2. The van der Waals surface area contributed by atoms with Gasteiger partial charge in [-0.05, 0) is 50.3 Å². The molecule has 0 aromatic heterocycles. The van der Waals surface area contributed by atoms with Crippen LogP contribution in [0, 0.1) is 5.82 Å². The van der Waals surface area contributed by atoms with E-state index in [1.165, 1.54) is 36.6 Å². The van der Waals surface area contributed by atoms with Gasteiger partial charge < -0.3 is 10.6 Å². The molecule has 0 unspecified atom stereocenters. The summed E-state index contributed by atoms with van der Waals surface area (Å²) in [4.78, 5) is 11.6. The van der Waals surface area contributed by atoms with Gasteiger partial charge in [0.2, 0.25) is 0 Å². The van der Waals surface area contributed by atoms with Crippen LogP contribution in [0.25, 0.3) is 0 Å². The molecule has 2 N–H and O–H groups in total. The normalized spacial score (nSPS) is 14.6. The lowest BCUT2D eigenvalue weighted by Gasteiger charge is -2.13. The molecule has 0 saturated carbocycles. The van der Waals surface area contributed by atoms with Gasteiger partial charge in [-0.15, -0.1) is 0 Å². The number of carbonyl (C=O) groups excluding carboxylic acids is 1. The zero-order valence-corrected chi connectivity index (χ0v) is 12.0. The molecule has 0 aliphatic heterocycles. The fourth-order valence-corrected chi connectivity index (χ4v) is 2.38. The summed E-state index contributed by atoms with van der Waals surface area (Å²) in [6, 6.07) is 3.75. The lowest BCUT2D eigenvalue weighted by Crippen LogP contribution is -2.30. The van der Waals surface area contributed by atoms with Crippen LogP contribution in [0.15, 0.2) is 29.8 Å². The van der Waals surface area contributed by atoms with E-state index in [0.717, 1.165) is 19.3 Å². The number of allylic oxidation sites excluding steroid dienone is 1. The number of hydrogen-bond donors (Lipinski definition) is 2. The minimum atomic E-state index is -0.539. The first kappa shape index (κ1) is 14.9. The van der Waals surface area contributed by atoms with E-state index < -0.39 is 11.8 Å². The van der Waals surface area contributed by atoms with E-state index in [2.05, 4.69) is 16.7 Å². The van der Waals surface area contributed by atoms with Crippen LogP contribution < -0.4 is 10.6 Å². The van der Waals surface area contributed by atoms with Gasteiger partial charge in [-0.2, -0.15) is 0 Å². The predicted molar refractivity (Wildman–Crippen MR) is 79.6 cm³/mol. The molecule has 0 spiro atoms. The quantitative estimate of drug-likeness (QED) is 0.790. The van der Waals surface area contributed by atoms with Crippen molar-refractivity contribution in [3.63, 3.8) is 0 Å². The van der Waals surface area contributed by atoms with Crippen LogP contribution in [0.2, 0.25) is 5.02 Å². The van der Waals surface area contributed by atoms with Crippen LogP contribution in [-0.2, 0) is 0 Å². The zero-order valence-electron chi connectivity index (χ0n) is 11.2. The van der Waals surface area contributed by atoms with Crippen molar-refractivity contribution in [2.75, 3.05) is 11.9 Å². The summed E-state index contributed by atoms with van der Waals surface area (Å²) in [5, 5.41) is 5.51.